The molecule has 7 heteroatoms. The van der Waals surface area contributed by atoms with E-state index in [1.807, 2.05) is 31.2 Å². The number of carbonyl (C=O) groups is 2. The Bertz CT molecular complexity index is 941. The van der Waals surface area contributed by atoms with Crippen molar-refractivity contribution >= 4 is 28.8 Å². The lowest BCUT2D eigenvalue weighted by molar-refractivity contribution is -0.384. The maximum atomic E-state index is 12.6. The van der Waals surface area contributed by atoms with Crippen LogP contribution < -0.4 is 0 Å². The molecule has 1 aliphatic carbocycles. The average molecular weight is 367 g/mol. The van der Waals surface area contributed by atoms with Gasteiger partial charge in [0.1, 0.15) is 0 Å². The van der Waals surface area contributed by atoms with Crippen molar-refractivity contribution in [2.45, 2.75) is 6.92 Å². The van der Waals surface area contributed by atoms with Crippen molar-refractivity contribution in [3.05, 3.63) is 75.3 Å². The van der Waals surface area contributed by atoms with Crippen LogP contribution in [-0.4, -0.2) is 31.1 Å². The second kappa shape index (κ2) is 6.68. The molecule has 27 heavy (non-hydrogen) atoms. The normalized spacial score (nSPS) is 14.5. The molecule has 0 spiro atoms. The van der Waals surface area contributed by atoms with Crippen molar-refractivity contribution in [3.8, 4) is 0 Å². The van der Waals surface area contributed by atoms with Crippen molar-refractivity contribution in [1.29, 1.82) is 0 Å². The zero-order valence-corrected chi connectivity index (χ0v) is 15.0. The smallest absolute Gasteiger partial charge is 0.332 e. The van der Waals surface area contributed by atoms with Gasteiger partial charge >= 0.3 is 11.9 Å². The number of benzene rings is 2. The first kappa shape index (κ1) is 18.3. The fourth-order valence-corrected chi connectivity index (χ4v) is 3.27. The molecule has 0 heterocycles. The van der Waals surface area contributed by atoms with Crippen LogP contribution in [0.3, 0.4) is 0 Å². The molecule has 7 nitrogen and oxygen atoms in total. The Morgan fingerprint density at radius 3 is 1.63 bits per heavy atom. The molecule has 2 aromatic carbocycles. The first-order valence-electron chi connectivity index (χ1n) is 8.11. The summed E-state index contributed by atoms with van der Waals surface area (Å²) in [7, 11) is 2.40. The van der Waals surface area contributed by atoms with Gasteiger partial charge in [0.05, 0.1) is 19.1 Å². The van der Waals surface area contributed by atoms with E-state index in [1.165, 1.54) is 38.5 Å². The minimum atomic E-state index is -1.67. The molecule has 0 N–H and O–H groups in total. The highest BCUT2D eigenvalue weighted by molar-refractivity contribution is 6.38. The van der Waals surface area contributed by atoms with Crippen LogP contribution in [0.5, 0.6) is 0 Å². The molecule has 0 amide bonds. The van der Waals surface area contributed by atoms with Crippen LogP contribution in [0.1, 0.15) is 16.7 Å². The second-order valence-electron chi connectivity index (χ2n) is 6.15. The predicted molar refractivity (Wildman–Crippen MR) is 97.6 cm³/mol. The van der Waals surface area contributed by atoms with Gasteiger partial charge in [0.15, 0.2) is 0 Å². The summed E-state index contributed by atoms with van der Waals surface area (Å²) < 4.78 is 9.80. The Hall–Kier alpha value is -3.48. The van der Waals surface area contributed by atoms with E-state index < -0.39 is 22.3 Å². The number of aryl methyl sites for hydroxylation is 1. The fourth-order valence-electron chi connectivity index (χ4n) is 3.27. The molecule has 0 atom stereocenters. The van der Waals surface area contributed by atoms with Crippen molar-refractivity contribution in [2.24, 2.45) is 5.41 Å². The quantitative estimate of drug-likeness (QED) is 0.349. The monoisotopic (exact) mass is 367 g/mol. The van der Waals surface area contributed by atoms with Crippen molar-refractivity contribution in [1.82, 2.24) is 0 Å². The van der Waals surface area contributed by atoms with E-state index >= 15 is 0 Å². The molecule has 0 aliphatic heterocycles. The molecule has 0 unspecified atom stereocenters. The van der Waals surface area contributed by atoms with E-state index in [9.17, 15) is 19.7 Å². The van der Waals surface area contributed by atoms with Crippen LogP contribution >= 0.6 is 0 Å². The minimum absolute atomic E-state index is 0.0846. The Balaban J connectivity index is 2.19. The number of hydrogen-bond donors (Lipinski definition) is 0. The van der Waals surface area contributed by atoms with Gasteiger partial charge in [-0.1, -0.05) is 29.8 Å². The maximum absolute atomic E-state index is 12.6. The fraction of sp³-hybridized carbons (Fsp3) is 0.200. The van der Waals surface area contributed by atoms with Crippen LogP contribution in [0.25, 0.3) is 11.1 Å². The van der Waals surface area contributed by atoms with E-state index in [1.54, 1.807) is 0 Å². The summed E-state index contributed by atoms with van der Waals surface area (Å²) in [6.45, 7) is 1.93. The van der Waals surface area contributed by atoms with Crippen molar-refractivity contribution < 1.29 is 24.0 Å². The van der Waals surface area contributed by atoms with E-state index in [2.05, 4.69) is 0 Å². The van der Waals surface area contributed by atoms with Gasteiger partial charge in [0.2, 0.25) is 5.41 Å². The van der Waals surface area contributed by atoms with Crippen LogP contribution in [0.2, 0.25) is 0 Å². The number of esters is 2. The van der Waals surface area contributed by atoms with Crippen LogP contribution in [0.15, 0.2) is 48.5 Å². The standard InChI is InChI=1S/C20H17NO6/c1-12-4-6-13(7-5-12)16-17(14-8-10-15(11-9-14)21(24)25)20(16,18(22)26-2)19(23)27-3/h4-11H,1-3H3. The van der Waals surface area contributed by atoms with E-state index in [0.717, 1.165) is 5.56 Å². The second-order valence-corrected chi connectivity index (χ2v) is 6.15. The predicted octanol–water partition coefficient (Wildman–Crippen LogP) is 3.16. The number of carbonyl (C=O) groups excluding carboxylic acids is 2. The van der Waals surface area contributed by atoms with E-state index in [0.29, 0.717) is 22.3 Å². The zero-order chi connectivity index (χ0) is 19.8. The Morgan fingerprint density at radius 2 is 1.26 bits per heavy atom. The van der Waals surface area contributed by atoms with Gasteiger partial charge in [-0.2, -0.15) is 0 Å². The van der Waals surface area contributed by atoms with Crippen LogP contribution in [-0.2, 0) is 19.1 Å². The van der Waals surface area contributed by atoms with Crippen molar-refractivity contribution in [3.63, 3.8) is 0 Å². The highest BCUT2D eigenvalue weighted by Gasteiger charge is 2.67. The summed E-state index contributed by atoms with van der Waals surface area (Å²) in [5.74, 6) is -1.50. The minimum Gasteiger partial charge on any atom is -0.468 e. The number of hydrogen-bond acceptors (Lipinski definition) is 6. The third kappa shape index (κ3) is 2.77. The zero-order valence-electron chi connectivity index (χ0n) is 15.0. The highest BCUT2D eigenvalue weighted by atomic mass is 16.6. The molecule has 0 radical (unpaired) electrons. The molecule has 0 saturated heterocycles. The number of methoxy groups -OCH3 is 2. The maximum Gasteiger partial charge on any atom is 0.332 e. The van der Waals surface area contributed by atoms with Gasteiger partial charge in [0.25, 0.3) is 5.69 Å². The number of non-ortho nitro benzene ring substituents is 1. The third-order valence-corrected chi connectivity index (χ3v) is 4.63. The molecular formula is C20H17NO6. The molecule has 1 aliphatic rings. The van der Waals surface area contributed by atoms with Gasteiger partial charge in [-0.15, -0.1) is 0 Å². The molecule has 2 aromatic rings. The van der Waals surface area contributed by atoms with Gasteiger partial charge in [0, 0.05) is 12.1 Å². The Labute approximate surface area is 155 Å². The molecule has 0 aromatic heterocycles. The summed E-state index contributed by atoms with van der Waals surface area (Å²) >= 11 is 0. The summed E-state index contributed by atoms with van der Waals surface area (Å²) in [6.07, 6.45) is 0. The Kier molecular flexibility index (Phi) is 4.53. The highest BCUT2D eigenvalue weighted by Crippen LogP contribution is 2.64. The largest absolute Gasteiger partial charge is 0.468 e. The van der Waals surface area contributed by atoms with Gasteiger partial charge in [-0.05, 0) is 41.3 Å². The molecular weight excluding hydrogens is 350 g/mol. The van der Waals surface area contributed by atoms with Gasteiger partial charge in [-0.3, -0.25) is 19.7 Å². The lowest BCUT2D eigenvalue weighted by Gasteiger charge is -2.15. The topological polar surface area (TPSA) is 95.7 Å². The number of ether oxygens (including phenoxy) is 2. The lowest BCUT2D eigenvalue weighted by atomic mass is 9.92. The molecule has 0 fully saturated rings. The van der Waals surface area contributed by atoms with Gasteiger partial charge in [-0.25, -0.2) is 0 Å². The SMILES string of the molecule is COC(=O)C1(C(=O)OC)C(c2ccc(C)cc2)=C1c1ccc([N+](=O)[O-])cc1. The number of nitrogens with zero attached hydrogens (tertiary/aromatic N) is 1. The molecule has 0 bridgehead atoms. The summed E-state index contributed by atoms with van der Waals surface area (Å²) in [6, 6.07) is 13.0. The van der Waals surface area contributed by atoms with Crippen molar-refractivity contribution in [2.75, 3.05) is 14.2 Å². The first-order chi connectivity index (χ1) is 12.9. The van der Waals surface area contributed by atoms with Crippen LogP contribution in [0, 0.1) is 22.5 Å². The lowest BCUT2D eigenvalue weighted by Crippen LogP contribution is -2.32. The third-order valence-electron chi connectivity index (χ3n) is 4.63. The summed E-state index contributed by atoms with van der Waals surface area (Å²) in [5, 5.41) is 10.9. The van der Waals surface area contributed by atoms with E-state index in [4.69, 9.17) is 9.47 Å². The summed E-state index contributed by atoms with van der Waals surface area (Å²) in [4.78, 5) is 35.6. The van der Waals surface area contributed by atoms with Gasteiger partial charge < -0.3 is 9.47 Å². The first-order valence-corrected chi connectivity index (χ1v) is 8.11. The number of rotatable bonds is 5. The summed E-state index contributed by atoms with van der Waals surface area (Å²) in [5.41, 5.74) is 1.39. The Morgan fingerprint density at radius 1 is 0.852 bits per heavy atom. The number of nitro benzene ring substituents is 1. The number of nitro groups is 1. The van der Waals surface area contributed by atoms with E-state index in [-0.39, 0.29) is 5.69 Å². The molecule has 138 valence electrons. The average Bonchev–Trinajstić information content (AvgIpc) is 3.38. The molecule has 0 saturated carbocycles. The molecule has 3 rings (SSSR count). The van der Waals surface area contributed by atoms with Crippen LogP contribution in [0.4, 0.5) is 5.69 Å².